The molecule has 3 atom stereocenters. The van der Waals surface area contributed by atoms with Crippen LogP contribution in [-0.2, 0) is 16.1 Å². The maximum atomic E-state index is 12.5. The standard InChI is InChI=1S/C16H19N5O2S/c1-10-9-24-15(19-10)7-21-5-11-12(8-23-13(11)6-21)16(22)20-14-4-17-2-3-18-14/h2-4,9,11-13H,5-8H2,1H3,(H,18,20,22)/t11-,12+,13-/m0/s1. The van der Waals surface area contributed by atoms with Gasteiger partial charge in [0, 0.05) is 42.5 Å². The van der Waals surface area contributed by atoms with Crippen molar-refractivity contribution in [2.24, 2.45) is 11.8 Å². The van der Waals surface area contributed by atoms with Gasteiger partial charge in [0.05, 0.1) is 31.4 Å². The molecule has 2 aliphatic rings. The predicted molar refractivity (Wildman–Crippen MR) is 89.5 cm³/mol. The largest absolute Gasteiger partial charge is 0.376 e. The number of ether oxygens (including phenoxy) is 1. The van der Waals surface area contributed by atoms with Crippen molar-refractivity contribution in [1.82, 2.24) is 19.9 Å². The van der Waals surface area contributed by atoms with Crippen LogP contribution in [0.2, 0.25) is 0 Å². The summed E-state index contributed by atoms with van der Waals surface area (Å²) in [7, 11) is 0. The molecule has 2 aliphatic heterocycles. The number of amides is 1. The molecule has 2 aromatic heterocycles. The zero-order chi connectivity index (χ0) is 16.5. The molecule has 126 valence electrons. The Balaban J connectivity index is 1.38. The van der Waals surface area contributed by atoms with Gasteiger partial charge in [-0.3, -0.25) is 14.7 Å². The summed E-state index contributed by atoms with van der Waals surface area (Å²) in [6, 6.07) is 0. The summed E-state index contributed by atoms with van der Waals surface area (Å²) in [6.45, 7) is 5.04. The molecule has 0 aliphatic carbocycles. The third-order valence-electron chi connectivity index (χ3n) is 4.57. The van der Waals surface area contributed by atoms with Crippen molar-refractivity contribution in [2.45, 2.75) is 19.6 Å². The first-order chi connectivity index (χ1) is 11.7. The molecule has 2 saturated heterocycles. The van der Waals surface area contributed by atoms with Gasteiger partial charge in [-0.2, -0.15) is 0 Å². The van der Waals surface area contributed by atoms with E-state index >= 15 is 0 Å². The van der Waals surface area contributed by atoms with Crippen LogP contribution < -0.4 is 5.32 Å². The number of nitrogens with zero attached hydrogens (tertiary/aromatic N) is 4. The molecule has 8 heteroatoms. The molecule has 0 bridgehead atoms. The Labute approximate surface area is 144 Å². The number of anilines is 1. The molecule has 7 nitrogen and oxygen atoms in total. The van der Waals surface area contributed by atoms with Gasteiger partial charge in [-0.05, 0) is 6.92 Å². The van der Waals surface area contributed by atoms with E-state index in [1.165, 1.54) is 0 Å². The van der Waals surface area contributed by atoms with E-state index in [2.05, 4.69) is 30.5 Å². The van der Waals surface area contributed by atoms with Crippen molar-refractivity contribution in [3.63, 3.8) is 0 Å². The van der Waals surface area contributed by atoms with Crippen molar-refractivity contribution in [1.29, 1.82) is 0 Å². The lowest BCUT2D eigenvalue weighted by Gasteiger charge is -2.18. The quantitative estimate of drug-likeness (QED) is 0.900. The van der Waals surface area contributed by atoms with E-state index < -0.39 is 0 Å². The number of thiazole rings is 1. The molecule has 1 N–H and O–H groups in total. The normalized spacial score (nSPS) is 26.5. The van der Waals surface area contributed by atoms with Crippen LogP contribution in [0.25, 0.3) is 0 Å². The molecule has 0 spiro atoms. The molecule has 1 amide bonds. The predicted octanol–water partition coefficient (Wildman–Crippen LogP) is 1.33. The van der Waals surface area contributed by atoms with Crippen molar-refractivity contribution in [2.75, 3.05) is 25.0 Å². The minimum Gasteiger partial charge on any atom is -0.376 e. The summed E-state index contributed by atoms with van der Waals surface area (Å²) < 4.78 is 5.87. The number of carbonyl (C=O) groups excluding carboxylic acids is 1. The fourth-order valence-electron chi connectivity index (χ4n) is 3.44. The topological polar surface area (TPSA) is 80.2 Å². The average Bonchev–Trinajstić information content (AvgIpc) is 3.24. The fourth-order valence-corrected chi connectivity index (χ4v) is 4.26. The lowest BCUT2D eigenvalue weighted by atomic mass is 9.92. The van der Waals surface area contributed by atoms with E-state index in [-0.39, 0.29) is 23.8 Å². The van der Waals surface area contributed by atoms with Gasteiger partial charge in [0.25, 0.3) is 0 Å². The molecular weight excluding hydrogens is 326 g/mol. The summed E-state index contributed by atoms with van der Waals surface area (Å²) in [5.74, 6) is 0.539. The third kappa shape index (κ3) is 3.17. The Morgan fingerprint density at radius 2 is 2.38 bits per heavy atom. The SMILES string of the molecule is Cc1csc(CN2C[C@@H]3[C@H](C2)OC[C@H]3C(=O)Nc2cnccn2)n1. The molecule has 0 aromatic carbocycles. The number of nitrogens with one attached hydrogen (secondary N) is 1. The van der Waals surface area contributed by atoms with Gasteiger partial charge in [-0.15, -0.1) is 11.3 Å². The lowest BCUT2D eigenvalue weighted by molar-refractivity contribution is -0.120. The van der Waals surface area contributed by atoms with Crippen LogP contribution in [0.3, 0.4) is 0 Å². The van der Waals surface area contributed by atoms with Crippen LogP contribution in [0.4, 0.5) is 5.82 Å². The smallest absolute Gasteiger partial charge is 0.231 e. The highest BCUT2D eigenvalue weighted by Gasteiger charge is 2.46. The molecule has 0 radical (unpaired) electrons. The Kier molecular flexibility index (Phi) is 4.26. The van der Waals surface area contributed by atoms with Gasteiger partial charge < -0.3 is 10.1 Å². The number of hydrogen-bond donors (Lipinski definition) is 1. The number of aromatic nitrogens is 3. The number of aryl methyl sites for hydroxylation is 1. The van der Waals surface area contributed by atoms with Crippen LogP contribution in [-0.4, -0.2) is 51.6 Å². The molecule has 2 aromatic rings. The van der Waals surface area contributed by atoms with Gasteiger partial charge in [0.1, 0.15) is 5.01 Å². The molecule has 0 unspecified atom stereocenters. The summed E-state index contributed by atoms with van der Waals surface area (Å²) in [4.78, 5) is 27.5. The Bertz CT molecular complexity index is 722. The molecular formula is C16H19N5O2S. The van der Waals surface area contributed by atoms with Gasteiger partial charge in [-0.25, -0.2) is 9.97 Å². The van der Waals surface area contributed by atoms with E-state index in [1.54, 1.807) is 29.9 Å². The molecule has 0 saturated carbocycles. The van der Waals surface area contributed by atoms with Crippen LogP contribution in [0.5, 0.6) is 0 Å². The Hall–Kier alpha value is -1.90. The summed E-state index contributed by atoms with van der Waals surface area (Å²) in [5.41, 5.74) is 1.06. The lowest BCUT2D eigenvalue weighted by Crippen LogP contribution is -2.32. The summed E-state index contributed by atoms with van der Waals surface area (Å²) in [5, 5.41) is 6.03. The second kappa shape index (κ2) is 6.54. The Morgan fingerprint density at radius 1 is 1.46 bits per heavy atom. The average molecular weight is 345 g/mol. The molecule has 4 rings (SSSR count). The highest BCUT2D eigenvalue weighted by atomic mass is 32.1. The highest BCUT2D eigenvalue weighted by Crippen LogP contribution is 2.35. The highest BCUT2D eigenvalue weighted by molar-refractivity contribution is 7.09. The molecule has 2 fully saturated rings. The molecule has 4 heterocycles. The van der Waals surface area contributed by atoms with Gasteiger partial charge >= 0.3 is 0 Å². The van der Waals surface area contributed by atoms with Gasteiger partial charge in [-0.1, -0.05) is 0 Å². The van der Waals surface area contributed by atoms with Gasteiger partial charge in [0.15, 0.2) is 5.82 Å². The van der Waals surface area contributed by atoms with Crippen molar-refractivity contribution in [3.8, 4) is 0 Å². The van der Waals surface area contributed by atoms with Crippen LogP contribution in [0.1, 0.15) is 10.7 Å². The maximum absolute atomic E-state index is 12.5. The first-order valence-electron chi connectivity index (χ1n) is 8.01. The third-order valence-corrected chi connectivity index (χ3v) is 5.52. The number of carbonyl (C=O) groups is 1. The van der Waals surface area contributed by atoms with E-state index in [0.717, 1.165) is 30.3 Å². The van der Waals surface area contributed by atoms with Crippen LogP contribution in [0.15, 0.2) is 24.0 Å². The number of likely N-dealkylation sites (tertiary alicyclic amines) is 1. The monoisotopic (exact) mass is 345 g/mol. The second-order valence-electron chi connectivity index (χ2n) is 6.30. The van der Waals surface area contributed by atoms with E-state index in [0.29, 0.717) is 12.4 Å². The fraction of sp³-hybridized carbons (Fsp3) is 0.500. The van der Waals surface area contributed by atoms with Crippen LogP contribution >= 0.6 is 11.3 Å². The van der Waals surface area contributed by atoms with Crippen molar-refractivity contribution < 1.29 is 9.53 Å². The minimum atomic E-state index is -0.139. The zero-order valence-electron chi connectivity index (χ0n) is 13.4. The van der Waals surface area contributed by atoms with E-state index in [1.807, 2.05) is 6.92 Å². The van der Waals surface area contributed by atoms with Crippen molar-refractivity contribution in [3.05, 3.63) is 34.7 Å². The number of rotatable bonds is 4. The zero-order valence-corrected chi connectivity index (χ0v) is 14.2. The minimum absolute atomic E-state index is 0.0325. The first kappa shape index (κ1) is 15.6. The number of fused-ring (bicyclic) bond motifs is 1. The van der Waals surface area contributed by atoms with Crippen LogP contribution in [0, 0.1) is 18.8 Å². The van der Waals surface area contributed by atoms with E-state index in [4.69, 9.17) is 4.74 Å². The first-order valence-corrected chi connectivity index (χ1v) is 8.89. The number of hydrogen-bond acceptors (Lipinski definition) is 7. The molecule has 24 heavy (non-hydrogen) atoms. The summed E-state index contributed by atoms with van der Waals surface area (Å²) >= 11 is 1.69. The summed E-state index contributed by atoms with van der Waals surface area (Å²) in [6.07, 6.45) is 4.83. The van der Waals surface area contributed by atoms with Gasteiger partial charge in [0.2, 0.25) is 5.91 Å². The van der Waals surface area contributed by atoms with E-state index in [9.17, 15) is 4.79 Å². The second-order valence-corrected chi connectivity index (χ2v) is 7.24. The maximum Gasteiger partial charge on any atom is 0.231 e. The Morgan fingerprint density at radius 3 is 3.12 bits per heavy atom. The van der Waals surface area contributed by atoms with Crippen molar-refractivity contribution >= 4 is 23.1 Å².